The maximum absolute atomic E-state index is 11.0. The largest absolute Gasteiger partial charge is 0.300 e. The number of rotatable bonds is 6. The number of allylic oxidation sites excluding steroid dienone is 4. The predicted octanol–water partition coefficient (Wildman–Crippen LogP) is 3.66. The Labute approximate surface area is 103 Å². The predicted molar refractivity (Wildman–Crippen MR) is 73.0 cm³/mol. The quantitative estimate of drug-likeness (QED) is 0.676. The van der Waals surface area contributed by atoms with E-state index < -0.39 is 0 Å². The highest BCUT2D eigenvalue weighted by molar-refractivity contribution is 5.78. The summed E-state index contributed by atoms with van der Waals surface area (Å²) in [4.78, 5) is 11.0. The summed E-state index contributed by atoms with van der Waals surface area (Å²) in [5.41, 5.74) is 3.42. The van der Waals surface area contributed by atoms with E-state index in [1.54, 1.807) is 13.0 Å². The van der Waals surface area contributed by atoms with Crippen LogP contribution in [0.3, 0.4) is 0 Å². The Hall–Kier alpha value is -1.89. The van der Waals surface area contributed by atoms with E-state index in [4.69, 9.17) is 0 Å². The maximum atomic E-state index is 11.0. The van der Waals surface area contributed by atoms with Gasteiger partial charge in [-0.15, -0.1) is 0 Å². The number of carbonyl (C=O) groups is 1. The molecule has 0 aliphatic carbocycles. The number of hydrogen-bond acceptors (Lipinski definition) is 1. The average molecular weight is 226 g/mol. The lowest BCUT2D eigenvalue weighted by atomic mass is 10.0. The third-order valence-corrected chi connectivity index (χ3v) is 2.48. The van der Waals surface area contributed by atoms with Crippen molar-refractivity contribution in [3.8, 4) is 0 Å². The van der Waals surface area contributed by atoms with Crippen LogP contribution in [-0.4, -0.2) is 5.78 Å². The van der Waals surface area contributed by atoms with Crippen molar-refractivity contribution in [1.29, 1.82) is 0 Å². The minimum absolute atomic E-state index is 0.191. The molecule has 0 unspecified atom stereocenters. The minimum atomic E-state index is 0.191. The molecule has 0 aliphatic heterocycles. The van der Waals surface area contributed by atoms with Crippen molar-refractivity contribution in [3.05, 3.63) is 72.4 Å². The fraction of sp³-hybridized carbons (Fsp3) is 0.188. The Kier molecular flexibility index (Phi) is 5.15. The van der Waals surface area contributed by atoms with Gasteiger partial charge in [-0.2, -0.15) is 0 Å². The molecule has 88 valence electrons. The zero-order valence-corrected chi connectivity index (χ0v) is 10.3. The fourth-order valence-electron chi connectivity index (χ4n) is 1.65. The van der Waals surface area contributed by atoms with Crippen LogP contribution in [0.4, 0.5) is 0 Å². The highest BCUT2D eigenvalue weighted by Gasteiger charge is 1.99. The Bertz CT molecular complexity index is 435. The highest BCUT2D eigenvalue weighted by atomic mass is 16.1. The summed E-state index contributed by atoms with van der Waals surface area (Å²) in [6.45, 7) is 9.05. The molecule has 0 amide bonds. The standard InChI is InChI=1S/C16H18O/c1-4-6-14(5-2)12-16-9-7-15(8-10-16)11-13(3)17/h4-10H,1-2,11-12H2,3H3/b14-6+. The van der Waals surface area contributed by atoms with Gasteiger partial charge in [0.1, 0.15) is 5.78 Å². The van der Waals surface area contributed by atoms with Crippen LogP contribution < -0.4 is 0 Å². The number of Topliss-reactive ketones (excluding diaryl/α,β-unsaturated/α-hetero) is 1. The fourth-order valence-corrected chi connectivity index (χ4v) is 1.65. The third-order valence-electron chi connectivity index (χ3n) is 2.48. The van der Waals surface area contributed by atoms with Crippen molar-refractivity contribution in [2.24, 2.45) is 0 Å². The van der Waals surface area contributed by atoms with Gasteiger partial charge < -0.3 is 0 Å². The van der Waals surface area contributed by atoms with E-state index in [0.29, 0.717) is 6.42 Å². The van der Waals surface area contributed by atoms with Gasteiger partial charge in [-0.3, -0.25) is 4.79 Å². The molecule has 0 spiro atoms. The number of carbonyl (C=O) groups excluding carboxylic acids is 1. The zero-order valence-electron chi connectivity index (χ0n) is 10.3. The molecular formula is C16H18O. The van der Waals surface area contributed by atoms with E-state index in [0.717, 1.165) is 17.6 Å². The smallest absolute Gasteiger partial charge is 0.134 e. The van der Waals surface area contributed by atoms with Crippen LogP contribution in [0.2, 0.25) is 0 Å². The molecule has 1 rings (SSSR count). The summed E-state index contributed by atoms with van der Waals surface area (Å²) in [6.07, 6.45) is 6.91. The lowest BCUT2D eigenvalue weighted by Crippen LogP contribution is -1.96. The van der Waals surface area contributed by atoms with Crippen LogP contribution >= 0.6 is 0 Å². The molecule has 0 atom stereocenters. The summed E-state index contributed by atoms with van der Waals surface area (Å²) < 4.78 is 0. The van der Waals surface area contributed by atoms with Crippen molar-refractivity contribution < 1.29 is 4.79 Å². The first-order valence-electron chi connectivity index (χ1n) is 5.67. The van der Waals surface area contributed by atoms with E-state index in [2.05, 4.69) is 25.3 Å². The number of ketones is 1. The lowest BCUT2D eigenvalue weighted by molar-refractivity contribution is -0.116. The Morgan fingerprint density at radius 3 is 2.06 bits per heavy atom. The van der Waals surface area contributed by atoms with Gasteiger partial charge >= 0.3 is 0 Å². The summed E-state index contributed by atoms with van der Waals surface area (Å²) in [7, 11) is 0. The van der Waals surface area contributed by atoms with Crippen LogP contribution in [-0.2, 0) is 17.6 Å². The first kappa shape index (κ1) is 13.2. The summed E-state index contributed by atoms with van der Waals surface area (Å²) >= 11 is 0. The number of hydrogen-bond donors (Lipinski definition) is 0. The van der Waals surface area contributed by atoms with E-state index in [-0.39, 0.29) is 5.78 Å². The first-order valence-corrected chi connectivity index (χ1v) is 5.67. The van der Waals surface area contributed by atoms with Crippen molar-refractivity contribution in [2.45, 2.75) is 19.8 Å². The highest BCUT2D eigenvalue weighted by Crippen LogP contribution is 2.11. The Morgan fingerprint density at radius 1 is 1.12 bits per heavy atom. The Morgan fingerprint density at radius 2 is 1.65 bits per heavy atom. The van der Waals surface area contributed by atoms with Gasteiger partial charge in [0, 0.05) is 6.42 Å². The molecule has 0 saturated carbocycles. The van der Waals surface area contributed by atoms with Gasteiger partial charge in [-0.05, 0) is 30.0 Å². The van der Waals surface area contributed by atoms with Gasteiger partial charge in [-0.25, -0.2) is 0 Å². The second-order valence-corrected chi connectivity index (χ2v) is 4.05. The molecule has 1 heteroatoms. The van der Waals surface area contributed by atoms with Gasteiger partial charge in [0.2, 0.25) is 0 Å². The molecule has 0 bridgehead atoms. The van der Waals surface area contributed by atoms with Gasteiger partial charge in [-0.1, -0.05) is 55.7 Å². The van der Waals surface area contributed by atoms with E-state index in [9.17, 15) is 4.79 Å². The van der Waals surface area contributed by atoms with Crippen LogP contribution in [0, 0.1) is 0 Å². The molecule has 17 heavy (non-hydrogen) atoms. The SMILES string of the molecule is C=C/C=C(\C=C)Cc1ccc(CC(C)=O)cc1. The molecule has 1 aromatic carbocycles. The van der Waals surface area contributed by atoms with Crippen molar-refractivity contribution in [1.82, 2.24) is 0 Å². The van der Waals surface area contributed by atoms with Crippen LogP contribution in [0.15, 0.2) is 61.2 Å². The van der Waals surface area contributed by atoms with Crippen LogP contribution in [0.1, 0.15) is 18.1 Å². The normalized spacial score (nSPS) is 11.0. The first-order chi connectivity index (χ1) is 8.15. The van der Waals surface area contributed by atoms with Crippen LogP contribution in [0.5, 0.6) is 0 Å². The second kappa shape index (κ2) is 6.64. The topological polar surface area (TPSA) is 17.1 Å². The molecule has 1 nitrogen and oxygen atoms in total. The molecule has 0 aliphatic rings. The molecular weight excluding hydrogens is 208 g/mol. The zero-order chi connectivity index (χ0) is 12.7. The van der Waals surface area contributed by atoms with E-state index >= 15 is 0 Å². The van der Waals surface area contributed by atoms with Crippen LogP contribution in [0.25, 0.3) is 0 Å². The van der Waals surface area contributed by atoms with E-state index in [1.165, 1.54) is 5.56 Å². The van der Waals surface area contributed by atoms with E-state index in [1.807, 2.05) is 24.3 Å². The summed E-state index contributed by atoms with van der Waals surface area (Å²) in [5, 5.41) is 0. The average Bonchev–Trinajstić information content (AvgIpc) is 2.30. The lowest BCUT2D eigenvalue weighted by Gasteiger charge is -2.04. The molecule has 1 aromatic rings. The Balaban J connectivity index is 2.74. The van der Waals surface area contributed by atoms with Crippen molar-refractivity contribution in [2.75, 3.05) is 0 Å². The molecule has 0 radical (unpaired) electrons. The molecule has 0 heterocycles. The molecule has 0 aromatic heterocycles. The number of benzene rings is 1. The van der Waals surface area contributed by atoms with Crippen molar-refractivity contribution >= 4 is 5.78 Å². The monoisotopic (exact) mass is 226 g/mol. The molecule has 0 saturated heterocycles. The maximum Gasteiger partial charge on any atom is 0.134 e. The van der Waals surface area contributed by atoms with Gasteiger partial charge in [0.15, 0.2) is 0 Å². The summed E-state index contributed by atoms with van der Waals surface area (Å²) in [5.74, 6) is 0.191. The summed E-state index contributed by atoms with van der Waals surface area (Å²) in [6, 6.07) is 8.12. The molecule has 0 N–H and O–H groups in total. The van der Waals surface area contributed by atoms with Gasteiger partial charge in [0.05, 0.1) is 0 Å². The minimum Gasteiger partial charge on any atom is -0.300 e. The van der Waals surface area contributed by atoms with Crippen molar-refractivity contribution in [3.63, 3.8) is 0 Å². The third kappa shape index (κ3) is 4.64. The second-order valence-electron chi connectivity index (χ2n) is 4.05. The molecule has 0 fully saturated rings. The van der Waals surface area contributed by atoms with Gasteiger partial charge in [0.25, 0.3) is 0 Å².